The van der Waals surface area contributed by atoms with Crippen LogP contribution in [0.4, 0.5) is 0 Å². The van der Waals surface area contributed by atoms with E-state index in [1.54, 1.807) is 11.8 Å². The van der Waals surface area contributed by atoms with Gasteiger partial charge in [-0.15, -0.1) is 0 Å². The Hall–Kier alpha value is -0.260. The smallest absolute Gasteiger partial charge is 0.325 e. The Morgan fingerprint density at radius 1 is 1.65 bits per heavy atom. The fraction of sp³-hybridized carbons (Fsp3) is 0.917. The van der Waals surface area contributed by atoms with Gasteiger partial charge in [-0.05, 0) is 31.9 Å². The first kappa shape index (κ1) is 14.8. The van der Waals surface area contributed by atoms with Gasteiger partial charge in [0.1, 0.15) is 5.54 Å². The number of nitrogens with one attached hydrogen (secondary N) is 1. The predicted octanol–water partition coefficient (Wildman–Crippen LogP) is 1.17. The number of hydrogen-bond donors (Lipinski definition) is 2. The summed E-state index contributed by atoms with van der Waals surface area (Å²) in [4.78, 5) is 11.8. The van der Waals surface area contributed by atoms with Crippen molar-refractivity contribution >= 4 is 17.7 Å². The fourth-order valence-corrected chi connectivity index (χ4v) is 2.69. The van der Waals surface area contributed by atoms with Crippen molar-refractivity contribution in [2.75, 3.05) is 19.5 Å². The van der Waals surface area contributed by atoms with Crippen LogP contribution in [0, 0.1) is 0 Å². The second kappa shape index (κ2) is 6.61. The maximum atomic E-state index is 11.8. The number of methoxy groups -OCH3 is 1. The first-order chi connectivity index (χ1) is 8.01. The van der Waals surface area contributed by atoms with Crippen molar-refractivity contribution in [1.82, 2.24) is 5.32 Å². The molecule has 0 saturated heterocycles. The molecule has 4 nitrogen and oxygen atoms in total. The molecular formula is C12H23NO3S. The number of thioether (sulfide) groups is 1. The molecular weight excluding hydrogens is 238 g/mol. The quantitative estimate of drug-likeness (QED) is 0.642. The molecule has 0 aromatic rings. The molecule has 0 aromatic heterocycles. The van der Waals surface area contributed by atoms with E-state index in [9.17, 15) is 4.79 Å². The van der Waals surface area contributed by atoms with Crippen LogP contribution in [0.2, 0.25) is 0 Å². The fourth-order valence-electron chi connectivity index (χ4n) is 1.65. The van der Waals surface area contributed by atoms with Gasteiger partial charge in [0, 0.05) is 11.3 Å². The van der Waals surface area contributed by atoms with E-state index in [-0.39, 0.29) is 17.8 Å². The van der Waals surface area contributed by atoms with Gasteiger partial charge in [-0.2, -0.15) is 11.8 Å². The van der Waals surface area contributed by atoms with Gasteiger partial charge in [0.15, 0.2) is 0 Å². The minimum Gasteiger partial charge on any atom is -0.468 e. The number of carbonyl (C=O) groups excluding carboxylic acids is 1. The summed E-state index contributed by atoms with van der Waals surface area (Å²) in [5.41, 5.74) is -0.585. The van der Waals surface area contributed by atoms with Crippen molar-refractivity contribution < 1.29 is 14.6 Å². The van der Waals surface area contributed by atoms with Crippen LogP contribution in [-0.4, -0.2) is 47.4 Å². The predicted molar refractivity (Wildman–Crippen MR) is 70.2 cm³/mol. The summed E-state index contributed by atoms with van der Waals surface area (Å²) in [5, 5.41) is 12.5. The summed E-state index contributed by atoms with van der Waals surface area (Å²) in [6.45, 7) is 4.06. The summed E-state index contributed by atoms with van der Waals surface area (Å²) in [5.74, 6) is 0.647. The molecule has 1 saturated carbocycles. The molecule has 2 atom stereocenters. The van der Waals surface area contributed by atoms with Crippen molar-refractivity contribution in [3.63, 3.8) is 0 Å². The van der Waals surface area contributed by atoms with Crippen LogP contribution < -0.4 is 5.32 Å². The maximum Gasteiger partial charge on any atom is 0.325 e. The van der Waals surface area contributed by atoms with E-state index in [0.29, 0.717) is 6.04 Å². The Kier molecular flexibility index (Phi) is 5.76. The normalized spacial score (nSPS) is 20.7. The average molecular weight is 261 g/mol. The third-order valence-corrected chi connectivity index (χ3v) is 4.16. The number of esters is 1. The van der Waals surface area contributed by atoms with E-state index in [1.807, 2.05) is 13.8 Å². The first-order valence-corrected chi connectivity index (χ1v) is 7.15. The third-order valence-electron chi connectivity index (χ3n) is 3.00. The number of rotatable bonds is 8. The van der Waals surface area contributed by atoms with Gasteiger partial charge in [0.05, 0.1) is 13.7 Å². The molecule has 1 fully saturated rings. The molecule has 2 unspecified atom stereocenters. The van der Waals surface area contributed by atoms with Crippen molar-refractivity contribution in [1.29, 1.82) is 0 Å². The molecule has 0 radical (unpaired) electrons. The number of ether oxygens (including phenoxy) is 1. The lowest BCUT2D eigenvalue weighted by Crippen LogP contribution is -2.51. The van der Waals surface area contributed by atoms with Gasteiger partial charge in [-0.3, -0.25) is 10.1 Å². The van der Waals surface area contributed by atoms with Crippen LogP contribution in [0.25, 0.3) is 0 Å². The van der Waals surface area contributed by atoms with E-state index in [1.165, 1.54) is 7.11 Å². The number of hydrogen-bond acceptors (Lipinski definition) is 5. The van der Waals surface area contributed by atoms with Crippen LogP contribution in [0.5, 0.6) is 0 Å². The molecule has 1 aliphatic carbocycles. The van der Waals surface area contributed by atoms with Crippen LogP contribution in [0.3, 0.4) is 0 Å². The zero-order valence-corrected chi connectivity index (χ0v) is 11.7. The van der Waals surface area contributed by atoms with Gasteiger partial charge < -0.3 is 9.84 Å². The lowest BCUT2D eigenvalue weighted by molar-refractivity contribution is -0.148. The summed E-state index contributed by atoms with van der Waals surface area (Å²) in [6.07, 6.45) is 3.02. The van der Waals surface area contributed by atoms with E-state index in [4.69, 9.17) is 9.84 Å². The highest BCUT2D eigenvalue weighted by molar-refractivity contribution is 7.99. The molecule has 1 rings (SSSR count). The second-order valence-electron chi connectivity index (χ2n) is 4.86. The van der Waals surface area contributed by atoms with Gasteiger partial charge in [0.25, 0.3) is 0 Å². The van der Waals surface area contributed by atoms with E-state index >= 15 is 0 Å². The number of carbonyl (C=O) groups is 1. The lowest BCUT2D eigenvalue weighted by Gasteiger charge is -2.28. The van der Waals surface area contributed by atoms with Crippen LogP contribution in [0.1, 0.15) is 33.1 Å². The Labute approximate surface area is 107 Å². The van der Waals surface area contributed by atoms with Crippen molar-refractivity contribution in [2.24, 2.45) is 0 Å². The highest BCUT2D eigenvalue weighted by atomic mass is 32.2. The zero-order chi connectivity index (χ0) is 12.9. The molecule has 100 valence electrons. The van der Waals surface area contributed by atoms with Gasteiger partial charge in [-0.25, -0.2) is 0 Å². The molecule has 0 bridgehead atoms. The van der Waals surface area contributed by atoms with Crippen LogP contribution in [-0.2, 0) is 9.53 Å². The van der Waals surface area contributed by atoms with Gasteiger partial charge in [-0.1, -0.05) is 6.92 Å². The molecule has 0 aromatic carbocycles. The first-order valence-electron chi connectivity index (χ1n) is 6.10. The Morgan fingerprint density at radius 3 is 2.76 bits per heavy atom. The largest absolute Gasteiger partial charge is 0.468 e. The van der Waals surface area contributed by atoms with Crippen molar-refractivity contribution in [2.45, 2.75) is 49.9 Å². The van der Waals surface area contributed by atoms with E-state index < -0.39 is 5.54 Å². The minimum absolute atomic E-state index is 0.176. The molecule has 17 heavy (non-hydrogen) atoms. The summed E-state index contributed by atoms with van der Waals surface area (Å²) < 4.78 is 4.87. The van der Waals surface area contributed by atoms with Gasteiger partial charge in [0.2, 0.25) is 0 Å². The van der Waals surface area contributed by atoms with Gasteiger partial charge >= 0.3 is 5.97 Å². The Bertz CT molecular complexity index is 258. The average Bonchev–Trinajstić information content (AvgIpc) is 3.11. The zero-order valence-electron chi connectivity index (χ0n) is 10.9. The molecule has 0 heterocycles. The highest BCUT2D eigenvalue weighted by Gasteiger charge is 2.38. The van der Waals surface area contributed by atoms with Crippen molar-refractivity contribution in [3.05, 3.63) is 0 Å². The van der Waals surface area contributed by atoms with Crippen molar-refractivity contribution in [3.8, 4) is 0 Å². The van der Waals surface area contributed by atoms with E-state index in [2.05, 4.69) is 5.32 Å². The number of aliphatic hydroxyl groups excluding tert-OH is 1. The molecule has 0 aliphatic heterocycles. The second-order valence-corrected chi connectivity index (χ2v) is 6.40. The Morgan fingerprint density at radius 2 is 2.29 bits per heavy atom. The molecule has 2 N–H and O–H groups in total. The number of aliphatic hydroxyl groups is 1. The van der Waals surface area contributed by atoms with Crippen LogP contribution in [0.15, 0.2) is 0 Å². The third kappa shape index (κ3) is 4.85. The van der Waals surface area contributed by atoms with Crippen LogP contribution >= 0.6 is 11.8 Å². The summed E-state index contributed by atoms with van der Waals surface area (Å²) >= 11 is 1.68. The molecule has 0 amide bonds. The highest BCUT2D eigenvalue weighted by Crippen LogP contribution is 2.26. The summed E-state index contributed by atoms with van der Waals surface area (Å²) in [6, 6.07) is 0.472. The summed E-state index contributed by atoms with van der Waals surface area (Å²) in [7, 11) is 1.43. The molecule has 5 heteroatoms. The Balaban J connectivity index is 2.42. The minimum atomic E-state index is -0.585. The lowest BCUT2D eigenvalue weighted by atomic mass is 9.99. The molecule has 1 aliphatic rings. The van der Waals surface area contributed by atoms with E-state index in [0.717, 1.165) is 25.0 Å². The molecule has 0 spiro atoms. The standard InChI is InChI=1S/C12H23NO3S/c1-9(8-14)17-7-6-12(2,11(15)16-3)13-10-4-5-10/h9-10,13-14H,4-8H2,1-3H3. The SMILES string of the molecule is COC(=O)C(C)(CCSC(C)CO)NC1CC1. The maximum absolute atomic E-state index is 11.8. The topological polar surface area (TPSA) is 58.6 Å². The monoisotopic (exact) mass is 261 g/mol.